The summed E-state index contributed by atoms with van der Waals surface area (Å²) in [4.78, 5) is 0. The fourth-order valence-corrected chi connectivity index (χ4v) is 4.18. The summed E-state index contributed by atoms with van der Waals surface area (Å²) in [5.74, 6) is 0.374. The predicted octanol–water partition coefficient (Wildman–Crippen LogP) is 5.35. The first-order valence-electron chi connectivity index (χ1n) is 7.55. The van der Waals surface area contributed by atoms with E-state index in [4.69, 9.17) is 16.3 Å². The first-order chi connectivity index (χ1) is 9.66. The SMILES string of the molecule is CCNC(c1cc(Br)ccc1Cl)C1CC(C)(C)OC1(C)C. The average Bonchev–Trinajstić information content (AvgIpc) is 2.57. The van der Waals surface area contributed by atoms with Crippen molar-refractivity contribution in [3.63, 3.8) is 0 Å². The molecule has 0 bridgehead atoms. The molecule has 0 radical (unpaired) electrons. The molecule has 2 atom stereocenters. The molecule has 0 saturated carbocycles. The van der Waals surface area contributed by atoms with Gasteiger partial charge in [0.15, 0.2) is 0 Å². The minimum atomic E-state index is -0.179. The second-order valence-corrected chi connectivity index (χ2v) is 8.30. The van der Waals surface area contributed by atoms with Gasteiger partial charge < -0.3 is 10.1 Å². The minimum Gasteiger partial charge on any atom is -0.369 e. The molecule has 0 aromatic heterocycles. The molecule has 118 valence electrons. The van der Waals surface area contributed by atoms with Gasteiger partial charge in [-0.2, -0.15) is 0 Å². The van der Waals surface area contributed by atoms with E-state index in [-0.39, 0.29) is 17.2 Å². The molecule has 2 nitrogen and oxygen atoms in total. The van der Waals surface area contributed by atoms with E-state index in [1.807, 2.05) is 12.1 Å². The lowest BCUT2D eigenvalue weighted by Gasteiger charge is -2.34. The van der Waals surface area contributed by atoms with Crippen molar-refractivity contribution in [2.75, 3.05) is 6.54 Å². The molecule has 1 N–H and O–H groups in total. The van der Waals surface area contributed by atoms with Crippen molar-refractivity contribution < 1.29 is 4.74 Å². The van der Waals surface area contributed by atoms with Crippen LogP contribution in [0.25, 0.3) is 0 Å². The van der Waals surface area contributed by atoms with E-state index in [9.17, 15) is 0 Å². The summed E-state index contributed by atoms with van der Waals surface area (Å²) in [5.41, 5.74) is 0.870. The number of rotatable bonds is 4. The van der Waals surface area contributed by atoms with Gasteiger partial charge >= 0.3 is 0 Å². The third-order valence-electron chi connectivity index (χ3n) is 4.26. The van der Waals surface area contributed by atoms with Gasteiger partial charge in [0.05, 0.1) is 11.2 Å². The number of hydrogen-bond acceptors (Lipinski definition) is 2. The Morgan fingerprint density at radius 1 is 1.38 bits per heavy atom. The molecule has 1 aliphatic heterocycles. The highest BCUT2D eigenvalue weighted by Crippen LogP contribution is 2.48. The van der Waals surface area contributed by atoms with Crippen LogP contribution < -0.4 is 5.32 Å². The zero-order valence-electron chi connectivity index (χ0n) is 13.5. The summed E-state index contributed by atoms with van der Waals surface area (Å²) in [6, 6.07) is 6.25. The van der Waals surface area contributed by atoms with E-state index < -0.39 is 0 Å². The molecule has 0 spiro atoms. The summed E-state index contributed by atoms with van der Waals surface area (Å²) in [7, 11) is 0. The molecule has 21 heavy (non-hydrogen) atoms. The highest BCUT2D eigenvalue weighted by molar-refractivity contribution is 9.10. The fourth-order valence-electron chi connectivity index (χ4n) is 3.57. The van der Waals surface area contributed by atoms with Crippen LogP contribution in [0.3, 0.4) is 0 Å². The first kappa shape index (κ1) is 17.3. The van der Waals surface area contributed by atoms with Crippen molar-refractivity contribution in [2.45, 2.75) is 58.3 Å². The Hall–Kier alpha value is -0.0900. The lowest BCUT2D eigenvalue weighted by molar-refractivity contribution is -0.0778. The largest absolute Gasteiger partial charge is 0.369 e. The molecule has 1 saturated heterocycles. The molecule has 1 aromatic rings. The van der Waals surface area contributed by atoms with Crippen LogP contribution in [0.5, 0.6) is 0 Å². The predicted molar refractivity (Wildman–Crippen MR) is 92.9 cm³/mol. The molecule has 0 amide bonds. The van der Waals surface area contributed by atoms with E-state index in [0.29, 0.717) is 5.92 Å². The summed E-state index contributed by atoms with van der Waals surface area (Å²) in [6.45, 7) is 11.7. The van der Waals surface area contributed by atoms with Crippen LogP contribution in [0.2, 0.25) is 5.02 Å². The highest BCUT2D eigenvalue weighted by Gasteiger charge is 2.49. The van der Waals surface area contributed by atoms with Crippen molar-refractivity contribution in [1.29, 1.82) is 0 Å². The van der Waals surface area contributed by atoms with Crippen LogP contribution in [-0.2, 0) is 4.74 Å². The summed E-state index contributed by atoms with van der Waals surface area (Å²) < 4.78 is 7.33. The fraction of sp³-hybridized carbons (Fsp3) is 0.647. The molecular formula is C17H25BrClNO. The molecule has 2 rings (SSSR count). The average molecular weight is 375 g/mol. The monoisotopic (exact) mass is 373 g/mol. The summed E-state index contributed by atoms with van der Waals surface area (Å²) in [6.07, 6.45) is 1.01. The smallest absolute Gasteiger partial charge is 0.0681 e. The topological polar surface area (TPSA) is 21.3 Å². The number of benzene rings is 1. The van der Waals surface area contributed by atoms with Crippen molar-refractivity contribution in [3.8, 4) is 0 Å². The Balaban J connectivity index is 2.42. The Morgan fingerprint density at radius 3 is 2.57 bits per heavy atom. The number of halogens is 2. The Kier molecular flexibility index (Phi) is 5.09. The number of hydrogen-bond donors (Lipinski definition) is 1. The van der Waals surface area contributed by atoms with E-state index >= 15 is 0 Å². The molecule has 1 aliphatic rings. The molecule has 4 heteroatoms. The highest BCUT2D eigenvalue weighted by atomic mass is 79.9. The normalized spacial score (nSPS) is 25.0. The van der Waals surface area contributed by atoms with Gasteiger partial charge in [-0.3, -0.25) is 0 Å². The Morgan fingerprint density at radius 2 is 2.05 bits per heavy atom. The Bertz CT molecular complexity index is 516. The van der Waals surface area contributed by atoms with Crippen LogP contribution in [0, 0.1) is 5.92 Å². The second kappa shape index (κ2) is 6.19. The van der Waals surface area contributed by atoms with Crippen molar-refractivity contribution >= 4 is 27.5 Å². The van der Waals surface area contributed by atoms with Crippen molar-refractivity contribution in [2.24, 2.45) is 5.92 Å². The maximum absolute atomic E-state index is 6.47. The van der Waals surface area contributed by atoms with Gasteiger partial charge in [-0.25, -0.2) is 0 Å². The molecule has 0 aliphatic carbocycles. The zero-order chi connectivity index (χ0) is 15.8. The van der Waals surface area contributed by atoms with Crippen LogP contribution in [0.15, 0.2) is 22.7 Å². The molecular weight excluding hydrogens is 350 g/mol. The maximum atomic E-state index is 6.47. The minimum absolute atomic E-state index is 0.0969. The number of ether oxygens (including phenoxy) is 1. The standard InChI is InChI=1S/C17H25BrClNO/c1-6-20-15(12-9-11(18)7-8-14(12)19)13-10-16(2,3)21-17(13,4)5/h7-9,13,15,20H,6,10H2,1-5H3. The van der Waals surface area contributed by atoms with Gasteiger partial charge in [0.1, 0.15) is 0 Å². The molecule has 2 unspecified atom stereocenters. The second-order valence-electron chi connectivity index (χ2n) is 6.98. The lowest BCUT2D eigenvalue weighted by atomic mass is 9.79. The van der Waals surface area contributed by atoms with Crippen molar-refractivity contribution in [1.82, 2.24) is 5.32 Å². The summed E-state index contributed by atoms with van der Waals surface area (Å²) in [5, 5.41) is 4.43. The molecule has 1 aromatic carbocycles. The van der Waals surface area contributed by atoms with E-state index in [2.05, 4.69) is 61.9 Å². The van der Waals surface area contributed by atoms with Crippen LogP contribution >= 0.6 is 27.5 Å². The maximum Gasteiger partial charge on any atom is 0.0681 e. The van der Waals surface area contributed by atoms with Gasteiger partial charge in [-0.1, -0.05) is 34.5 Å². The third kappa shape index (κ3) is 3.82. The van der Waals surface area contributed by atoms with Gasteiger partial charge in [0.25, 0.3) is 0 Å². The molecule has 1 heterocycles. The Labute approximate surface area is 141 Å². The van der Waals surface area contributed by atoms with Crippen molar-refractivity contribution in [3.05, 3.63) is 33.3 Å². The molecule has 1 fully saturated rings. The van der Waals surface area contributed by atoms with Gasteiger partial charge in [-0.05, 0) is 64.4 Å². The van der Waals surface area contributed by atoms with E-state index in [1.54, 1.807) is 0 Å². The van der Waals surface area contributed by atoms with Crippen LogP contribution in [0.1, 0.15) is 52.6 Å². The first-order valence-corrected chi connectivity index (χ1v) is 8.72. The summed E-state index contributed by atoms with van der Waals surface area (Å²) >= 11 is 10.0. The van der Waals surface area contributed by atoms with E-state index in [1.165, 1.54) is 0 Å². The van der Waals surface area contributed by atoms with Gasteiger partial charge in [-0.15, -0.1) is 0 Å². The quantitative estimate of drug-likeness (QED) is 0.767. The van der Waals surface area contributed by atoms with Gasteiger partial charge in [0, 0.05) is 21.5 Å². The van der Waals surface area contributed by atoms with Gasteiger partial charge in [0.2, 0.25) is 0 Å². The zero-order valence-corrected chi connectivity index (χ0v) is 15.8. The van der Waals surface area contributed by atoms with Crippen LogP contribution in [0.4, 0.5) is 0 Å². The van der Waals surface area contributed by atoms with E-state index in [0.717, 1.165) is 28.0 Å². The lowest BCUT2D eigenvalue weighted by Crippen LogP contribution is -2.38. The number of nitrogens with one attached hydrogen (secondary N) is 1. The van der Waals surface area contributed by atoms with Crippen LogP contribution in [-0.4, -0.2) is 17.7 Å². The third-order valence-corrected chi connectivity index (χ3v) is 5.10.